The lowest BCUT2D eigenvalue weighted by molar-refractivity contribution is -0.757. The molecule has 0 aromatic heterocycles. The number of nitrogens with one attached hydrogen (secondary N) is 1. The van der Waals surface area contributed by atoms with Gasteiger partial charge < -0.3 is 19.6 Å². The molecule has 0 fully saturated rings. The summed E-state index contributed by atoms with van der Waals surface area (Å²) in [6.45, 7) is -0.380. The Morgan fingerprint density at radius 2 is 1.69 bits per heavy atom. The van der Waals surface area contributed by atoms with Crippen molar-refractivity contribution in [1.29, 1.82) is 0 Å². The number of rotatable bonds is 12. The highest BCUT2D eigenvalue weighted by Gasteiger charge is 2.17. The fourth-order valence-corrected chi connectivity index (χ4v) is 2.61. The van der Waals surface area contributed by atoms with Gasteiger partial charge >= 0.3 is 12.1 Å². The lowest BCUT2D eigenvalue weighted by atomic mass is 10.1. The molecule has 0 saturated carbocycles. The van der Waals surface area contributed by atoms with E-state index in [0.29, 0.717) is 6.42 Å². The molecule has 0 bridgehead atoms. The van der Waals surface area contributed by atoms with E-state index in [4.69, 9.17) is 9.47 Å². The number of hydrogen-bond donors (Lipinski definition) is 1. The van der Waals surface area contributed by atoms with Crippen LogP contribution in [0.3, 0.4) is 0 Å². The van der Waals surface area contributed by atoms with Gasteiger partial charge in [0.15, 0.2) is 0 Å². The normalized spacial score (nSPS) is 11.1. The molecular formula is C20H21N3O9. The van der Waals surface area contributed by atoms with Crippen LogP contribution < -0.4 is 10.1 Å². The molecular weight excluding hydrogens is 426 g/mol. The third-order valence-electron chi connectivity index (χ3n) is 4.07. The topological polar surface area (TPSA) is 160 Å². The van der Waals surface area contributed by atoms with E-state index in [1.165, 1.54) is 24.3 Å². The molecule has 2 aromatic rings. The number of nitro benzene ring substituents is 1. The molecule has 1 atom stereocenters. The molecule has 12 nitrogen and oxygen atoms in total. The predicted octanol–water partition coefficient (Wildman–Crippen LogP) is 2.83. The van der Waals surface area contributed by atoms with Crippen LogP contribution in [0.15, 0.2) is 54.6 Å². The SMILES string of the molecule is O=C(CCCO[N+](=O)[O-])OC[C@H](Cc1ccccc1)NC(=O)Oc1ccc([N+](=O)[O-])cc1. The average molecular weight is 447 g/mol. The second-order valence-corrected chi connectivity index (χ2v) is 6.51. The number of nitrogens with zero attached hydrogens (tertiary/aromatic N) is 2. The standard InChI is InChI=1S/C20H21N3O9/c24-19(7-4-12-31-23(28)29)30-14-16(13-15-5-2-1-3-6-15)21-20(25)32-18-10-8-17(9-11-18)22(26)27/h1-3,5-6,8-11,16H,4,7,12-14H2,(H,21,25)/t16-/m0/s1. The fraction of sp³-hybridized carbons (Fsp3) is 0.300. The molecule has 1 N–H and O–H groups in total. The molecule has 1 amide bonds. The molecule has 12 heteroatoms. The maximum atomic E-state index is 12.3. The fourth-order valence-electron chi connectivity index (χ4n) is 2.61. The minimum atomic E-state index is -0.943. The van der Waals surface area contributed by atoms with Gasteiger partial charge in [-0.1, -0.05) is 30.3 Å². The highest BCUT2D eigenvalue weighted by Crippen LogP contribution is 2.17. The van der Waals surface area contributed by atoms with Gasteiger partial charge in [0, 0.05) is 18.6 Å². The number of benzene rings is 2. The molecule has 0 heterocycles. The van der Waals surface area contributed by atoms with Crippen LogP contribution in [0.2, 0.25) is 0 Å². The highest BCUT2D eigenvalue weighted by molar-refractivity contribution is 5.71. The van der Waals surface area contributed by atoms with Gasteiger partial charge in [-0.25, -0.2) is 4.79 Å². The van der Waals surface area contributed by atoms with Crippen molar-refractivity contribution in [3.63, 3.8) is 0 Å². The summed E-state index contributed by atoms with van der Waals surface area (Å²) in [5.41, 5.74) is 0.735. The Labute approximate surface area is 182 Å². The van der Waals surface area contributed by atoms with Crippen LogP contribution in [-0.2, 0) is 20.8 Å². The van der Waals surface area contributed by atoms with Gasteiger partial charge in [0.25, 0.3) is 10.8 Å². The number of non-ortho nitro benzene ring substituents is 1. The van der Waals surface area contributed by atoms with E-state index in [-0.39, 0.29) is 37.5 Å². The number of hydrogen-bond acceptors (Lipinski definition) is 9. The van der Waals surface area contributed by atoms with Crippen LogP contribution in [0, 0.1) is 20.2 Å². The van der Waals surface area contributed by atoms with Crippen LogP contribution in [-0.4, -0.2) is 41.3 Å². The van der Waals surface area contributed by atoms with Crippen LogP contribution in [0.4, 0.5) is 10.5 Å². The smallest absolute Gasteiger partial charge is 0.412 e. The maximum absolute atomic E-state index is 12.3. The molecule has 2 aromatic carbocycles. The van der Waals surface area contributed by atoms with Gasteiger partial charge in [-0.3, -0.25) is 14.9 Å². The third-order valence-corrected chi connectivity index (χ3v) is 4.07. The minimum absolute atomic E-state index is 0.0842. The summed E-state index contributed by atoms with van der Waals surface area (Å²) >= 11 is 0. The van der Waals surface area contributed by atoms with Gasteiger partial charge in [0.2, 0.25) is 0 Å². The third kappa shape index (κ3) is 9.07. The molecule has 32 heavy (non-hydrogen) atoms. The summed E-state index contributed by atoms with van der Waals surface area (Å²) in [6, 6.07) is 13.5. The van der Waals surface area contributed by atoms with Crippen LogP contribution in [0.5, 0.6) is 5.75 Å². The summed E-state index contributed by atoms with van der Waals surface area (Å²) in [4.78, 5) is 48.5. The first-order chi connectivity index (χ1) is 15.3. The van der Waals surface area contributed by atoms with Crippen molar-refractivity contribution >= 4 is 17.7 Å². The summed E-state index contributed by atoms with van der Waals surface area (Å²) in [7, 11) is 0. The Hall–Kier alpha value is -4.22. The lowest BCUT2D eigenvalue weighted by Crippen LogP contribution is -2.41. The largest absolute Gasteiger partial charge is 0.463 e. The molecule has 2 rings (SSSR count). The van der Waals surface area contributed by atoms with E-state index in [2.05, 4.69) is 10.2 Å². The zero-order valence-corrected chi connectivity index (χ0v) is 16.9. The molecule has 0 aliphatic heterocycles. The zero-order valence-electron chi connectivity index (χ0n) is 16.9. The van der Waals surface area contributed by atoms with Crippen molar-refractivity contribution in [2.45, 2.75) is 25.3 Å². The first-order valence-electron chi connectivity index (χ1n) is 9.53. The monoisotopic (exact) mass is 447 g/mol. The van der Waals surface area contributed by atoms with Crippen molar-refractivity contribution in [1.82, 2.24) is 5.32 Å². The van der Waals surface area contributed by atoms with Gasteiger partial charge in [-0.2, -0.15) is 0 Å². The van der Waals surface area contributed by atoms with Gasteiger partial charge in [-0.15, -0.1) is 10.1 Å². The quantitative estimate of drug-likeness (QED) is 0.223. The maximum Gasteiger partial charge on any atom is 0.412 e. The molecule has 0 spiro atoms. The first kappa shape index (κ1) is 24.1. The predicted molar refractivity (Wildman–Crippen MR) is 109 cm³/mol. The molecule has 170 valence electrons. The Balaban J connectivity index is 1.90. The van der Waals surface area contributed by atoms with Crippen molar-refractivity contribution in [3.8, 4) is 5.75 Å². The Morgan fingerprint density at radius 1 is 1.00 bits per heavy atom. The van der Waals surface area contributed by atoms with E-state index >= 15 is 0 Å². The Morgan fingerprint density at radius 3 is 2.31 bits per heavy atom. The van der Waals surface area contributed by atoms with E-state index in [9.17, 15) is 29.8 Å². The minimum Gasteiger partial charge on any atom is -0.463 e. The number of nitro groups is 1. The van der Waals surface area contributed by atoms with Crippen molar-refractivity contribution in [3.05, 3.63) is 80.4 Å². The second kappa shape index (κ2) is 12.5. The van der Waals surface area contributed by atoms with Crippen molar-refractivity contribution in [2.75, 3.05) is 13.2 Å². The number of amides is 1. The van der Waals surface area contributed by atoms with Crippen molar-refractivity contribution in [2.24, 2.45) is 0 Å². The highest BCUT2D eigenvalue weighted by atomic mass is 16.9. The lowest BCUT2D eigenvalue weighted by Gasteiger charge is -2.19. The van der Waals surface area contributed by atoms with Gasteiger partial charge in [-0.05, 0) is 30.5 Å². The molecule has 0 unspecified atom stereocenters. The average Bonchev–Trinajstić information content (AvgIpc) is 2.76. The van der Waals surface area contributed by atoms with Crippen molar-refractivity contribution < 1.29 is 33.9 Å². The van der Waals surface area contributed by atoms with E-state index < -0.39 is 28.1 Å². The second-order valence-electron chi connectivity index (χ2n) is 6.51. The van der Waals surface area contributed by atoms with Gasteiger partial charge in [0.1, 0.15) is 12.4 Å². The van der Waals surface area contributed by atoms with E-state index in [1.807, 2.05) is 30.3 Å². The number of carbonyl (C=O) groups excluding carboxylic acids is 2. The van der Waals surface area contributed by atoms with Crippen LogP contribution in [0.1, 0.15) is 18.4 Å². The van der Waals surface area contributed by atoms with Crippen LogP contribution in [0.25, 0.3) is 0 Å². The summed E-state index contributed by atoms with van der Waals surface area (Å²) in [6.07, 6.45) is -0.457. The summed E-state index contributed by atoms with van der Waals surface area (Å²) in [5.74, 6) is -0.491. The summed E-state index contributed by atoms with van der Waals surface area (Å²) in [5, 5.41) is 22.5. The van der Waals surface area contributed by atoms with E-state index in [0.717, 1.165) is 5.56 Å². The molecule has 0 aliphatic carbocycles. The Bertz CT molecular complexity index is 920. The summed E-state index contributed by atoms with van der Waals surface area (Å²) < 4.78 is 10.3. The van der Waals surface area contributed by atoms with Crippen LogP contribution >= 0.6 is 0 Å². The number of esters is 1. The Kier molecular flexibility index (Phi) is 9.37. The van der Waals surface area contributed by atoms with Gasteiger partial charge in [0.05, 0.1) is 17.6 Å². The zero-order chi connectivity index (χ0) is 23.3. The van der Waals surface area contributed by atoms with E-state index in [1.54, 1.807) is 0 Å². The molecule has 0 radical (unpaired) electrons. The first-order valence-corrected chi connectivity index (χ1v) is 9.53. The molecule has 0 aliphatic rings. The number of carbonyl (C=O) groups is 2. The molecule has 0 saturated heterocycles. The number of ether oxygens (including phenoxy) is 2.